The van der Waals surface area contributed by atoms with Crippen molar-refractivity contribution in [2.75, 3.05) is 0 Å². The van der Waals surface area contributed by atoms with Gasteiger partial charge in [-0.2, -0.15) is 0 Å². The number of nitrogens with two attached hydrogens (primary N) is 1. The first-order valence-electron chi connectivity index (χ1n) is 4.73. The van der Waals surface area contributed by atoms with Crippen LogP contribution in [0.25, 0.3) is 0 Å². The van der Waals surface area contributed by atoms with E-state index in [1.54, 1.807) is 0 Å². The summed E-state index contributed by atoms with van der Waals surface area (Å²) < 4.78 is 0. The Balaban J connectivity index is 2.87. The molecule has 1 heterocycles. The van der Waals surface area contributed by atoms with E-state index in [0.717, 1.165) is 12.8 Å². The second-order valence-electron chi connectivity index (χ2n) is 4.16. The Morgan fingerprint density at radius 1 is 1.38 bits per heavy atom. The monoisotopic (exact) mass is 178 g/mol. The summed E-state index contributed by atoms with van der Waals surface area (Å²) in [5.74, 6) is 0. The Kier molecular flexibility index (Phi) is 3.04. The molecule has 0 unspecified atom stereocenters. The van der Waals surface area contributed by atoms with Gasteiger partial charge in [-0.3, -0.25) is 4.98 Å². The van der Waals surface area contributed by atoms with Crippen LogP contribution < -0.4 is 5.73 Å². The molecule has 2 heteroatoms. The Morgan fingerprint density at radius 3 is 2.62 bits per heavy atom. The SMILES string of the molecule is CCc1cnccc1CC(C)(C)N. The van der Waals surface area contributed by atoms with Crippen LogP contribution in [0.2, 0.25) is 0 Å². The Hall–Kier alpha value is -0.890. The van der Waals surface area contributed by atoms with Gasteiger partial charge in [0, 0.05) is 17.9 Å². The van der Waals surface area contributed by atoms with Crippen LogP contribution in [0.15, 0.2) is 18.5 Å². The number of aryl methyl sites for hydroxylation is 1. The van der Waals surface area contributed by atoms with E-state index in [-0.39, 0.29) is 5.54 Å². The van der Waals surface area contributed by atoms with Gasteiger partial charge in [0.05, 0.1) is 0 Å². The predicted octanol–water partition coefficient (Wildman–Crippen LogP) is 1.92. The lowest BCUT2D eigenvalue weighted by Gasteiger charge is -2.19. The molecule has 0 aliphatic rings. The first-order chi connectivity index (χ1) is 6.03. The van der Waals surface area contributed by atoms with Gasteiger partial charge in [-0.25, -0.2) is 0 Å². The average molecular weight is 178 g/mol. The summed E-state index contributed by atoms with van der Waals surface area (Å²) >= 11 is 0. The summed E-state index contributed by atoms with van der Waals surface area (Å²) in [5.41, 5.74) is 8.47. The summed E-state index contributed by atoms with van der Waals surface area (Å²) in [6.07, 6.45) is 5.71. The van der Waals surface area contributed by atoms with Crippen LogP contribution in [0.5, 0.6) is 0 Å². The fourth-order valence-corrected chi connectivity index (χ4v) is 1.44. The lowest BCUT2D eigenvalue weighted by molar-refractivity contribution is 0.514. The number of nitrogens with zero attached hydrogens (tertiary/aromatic N) is 1. The first-order valence-corrected chi connectivity index (χ1v) is 4.73. The van der Waals surface area contributed by atoms with Crippen molar-refractivity contribution in [3.8, 4) is 0 Å². The summed E-state index contributed by atoms with van der Waals surface area (Å²) in [6, 6.07) is 2.06. The van der Waals surface area contributed by atoms with E-state index < -0.39 is 0 Å². The highest BCUT2D eigenvalue weighted by molar-refractivity contribution is 5.24. The van der Waals surface area contributed by atoms with Crippen LogP contribution in [0.1, 0.15) is 31.9 Å². The lowest BCUT2D eigenvalue weighted by atomic mass is 9.93. The largest absolute Gasteiger partial charge is 0.325 e. The van der Waals surface area contributed by atoms with Crippen molar-refractivity contribution in [1.29, 1.82) is 0 Å². The molecule has 0 atom stereocenters. The Labute approximate surface area is 80.2 Å². The first kappa shape index (κ1) is 10.2. The third-order valence-corrected chi connectivity index (χ3v) is 2.03. The maximum absolute atomic E-state index is 5.97. The van der Waals surface area contributed by atoms with Crippen LogP contribution in [0.3, 0.4) is 0 Å². The van der Waals surface area contributed by atoms with Crippen molar-refractivity contribution in [1.82, 2.24) is 4.98 Å². The molecule has 0 aliphatic carbocycles. The number of aromatic nitrogens is 1. The van der Waals surface area contributed by atoms with Crippen LogP contribution in [-0.4, -0.2) is 10.5 Å². The molecular weight excluding hydrogens is 160 g/mol. The second-order valence-corrected chi connectivity index (χ2v) is 4.16. The number of hydrogen-bond acceptors (Lipinski definition) is 2. The molecule has 1 aromatic heterocycles. The maximum atomic E-state index is 5.97. The highest BCUT2D eigenvalue weighted by Gasteiger charge is 2.13. The van der Waals surface area contributed by atoms with E-state index in [1.807, 2.05) is 26.2 Å². The van der Waals surface area contributed by atoms with Crippen molar-refractivity contribution in [2.24, 2.45) is 5.73 Å². The minimum absolute atomic E-state index is 0.134. The van der Waals surface area contributed by atoms with Gasteiger partial charge in [-0.05, 0) is 43.9 Å². The molecule has 0 bridgehead atoms. The molecule has 0 amide bonds. The molecule has 0 radical (unpaired) electrons. The molecular formula is C11H18N2. The molecule has 1 aromatic rings. The van der Waals surface area contributed by atoms with Gasteiger partial charge < -0.3 is 5.73 Å². The fourth-order valence-electron chi connectivity index (χ4n) is 1.44. The van der Waals surface area contributed by atoms with Gasteiger partial charge in [0.25, 0.3) is 0 Å². The van der Waals surface area contributed by atoms with Crippen LogP contribution >= 0.6 is 0 Å². The molecule has 2 N–H and O–H groups in total. The van der Waals surface area contributed by atoms with Crippen molar-refractivity contribution >= 4 is 0 Å². The molecule has 72 valence electrons. The van der Waals surface area contributed by atoms with Gasteiger partial charge in [0.1, 0.15) is 0 Å². The minimum atomic E-state index is -0.134. The van der Waals surface area contributed by atoms with Gasteiger partial charge in [-0.15, -0.1) is 0 Å². The summed E-state index contributed by atoms with van der Waals surface area (Å²) in [4.78, 5) is 4.11. The molecule has 0 fully saturated rings. The molecule has 2 nitrogen and oxygen atoms in total. The zero-order chi connectivity index (χ0) is 9.90. The molecule has 0 saturated heterocycles. The molecule has 13 heavy (non-hydrogen) atoms. The molecule has 0 aliphatic heterocycles. The average Bonchev–Trinajstić information content (AvgIpc) is 2.02. The molecule has 0 spiro atoms. The van der Waals surface area contributed by atoms with Gasteiger partial charge >= 0.3 is 0 Å². The van der Waals surface area contributed by atoms with Crippen molar-refractivity contribution in [3.05, 3.63) is 29.6 Å². The molecule has 1 rings (SSSR count). The standard InChI is InChI=1S/C11H18N2/c1-4-9-8-13-6-5-10(9)7-11(2,3)12/h5-6,8H,4,7,12H2,1-3H3. The third-order valence-electron chi connectivity index (χ3n) is 2.03. The second kappa shape index (κ2) is 3.88. The van der Waals surface area contributed by atoms with Crippen molar-refractivity contribution in [3.63, 3.8) is 0 Å². The van der Waals surface area contributed by atoms with E-state index in [9.17, 15) is 0 Å². The van der Waals surface area contributed by atoms with Crippen LogP contribution in [0.4, 0.5) is 0 Å². The number of rotatable bonds is 3. The van der Waals surface area contributed by atoms with Gasteiger partial charge in [0.2, 0.25) is 0 Å². The topological polar surface area (TPSA) is 38.9 Å². The van der Waals surface area contributed by atoms with E-state index in [1.165, 1.54) is 11.1 Å². The zero-order valence-corrected chi connectivity index (χ0v) is 8.67. The van der Waals surface area contributed by atoms with Crippen molar-refractivity contribution < 1.29 is 0 Å². The third kappa shape index (κ3) is 3.15. The van der Waals surface area contributed by atoms with E-state index in [2.05, 4.69) is 18.0 Å². The van der Waals surface area contributed by atoms with Crippen molar-refractivity contribution in [2.45, 2.75) is 39.2 Å². The normalized spacial score (nSPS) is 11.7. The highest BCUT2D eigenvalue weighted by Crippen LogP contribution is 2.14. The Bertz CT molecular complexity index is 274. The van der Waals surface area contributed by atoms with E-state index >= 15 is 0 Å². The van der Waals surface area contributed by atoms with Crippen LogP contribution in [-0.2, 0) is 12.8 Å². The fraction of sp³-hybridized carbons (Fsp3) is 0.545. The summed E-state index contributed by atoms with van der Waals surface area (Å²) in [6.45, 7) is 6.24. The van der Waals surface area contributed by atoms with Gasteiger partial charge in [0.15, 0.2) is 0 Å². The van der Waals surface area contributed by atoms with E-state index in [0.29, 0.717) is 0 Å². The maximum Gasteiger partial charge on any atom is 0.0302 e. The smallest absolute Gasteiger partial charge is 0.0302 e. The highest BCUT2D eigenvalue weighted by atomic mass is 14.7. The van der Waals surface area contributed by atoms with E-state index in [4.69, 9.17) is 5.73 Å². The minimum Gasteiger partial charge on any atom is -0.325 e. The summed E-state index contributed by atoms with van der Waals surface area (Å²) in [5, 5.41) is 0. The Morgan fingerprint density at radius 2 is 2.08 bits per heavy atom. The molecule has 0 aromatic carbocycles. The van der Waals surface area contributed by atoms with Gasteiger partial charge in [-0.1, -0.05) is 6.92 Å². The lowest BCUT2D eigenvalue weighted by Crippen LogP contribution is -2.34. The van der Waals surface area contributed by atoms with Crippen LogP contribution in [0, 0.1) is 0 Å². The number of pyridine rings is 1. The number of hydrogen-bond donors (Lipinski definition) is 1. The predicted molar refractivity (Wildman–Crippen MR) is 55.6 cm³/mol. The molecule has 0 saturated carbocycles. The summed E-state index contributed by atoms with van der Waals surface area (Å²) in [7, 11) is 0. The quantitative estimate of drug-likeness (QED) is 0.768. The zero-order valence-electron chi connectivity index (χ0n) is 8.67.